The fourth-order valence-corrected chi connectivity index (χ4v) is 5.45. The largest absolute Gasteiger partial charge is 0.357 e. The summed E-state index contributed by atoms with van der Waals surface area (Å²) in [6.45, 7) is 8.03. The Morgan fingerprint density at radius 1 is 1.11 bits per heavy atom. The minimum atomic E-state index is -0.669. The first kappa shape index (κ1) is 28.7. The molecule has 4 aromatic heterocycles. The molecule has 1 aliphatic rings. The highest BCUT2D eigenvalue weighted by atomic mass is 16.5. The van der Waals surface area contributed by atoms with Gasteiger partial charge in [-0.15, -0.1) is 0 Å². The van der Waals surface area contributed by atoms with Gasteiger partial charge in [-0.25, -0.2) is 19.7 Å². The third kappa shape index (κ3) is 4.97. The van der Waals surface area contributed by atoms with Gasteiger partial charge in [-0.05, 0) is 48.8 Å². The van der Waals surface area contributed by atoms with E-state index in [-0.39, 0.29) is 11.0 Å². The molecule has 2 amide bonds. The van der Waals surface area contributed by atoms with Gasteiger partial charge in [0.1, 0.15) is 11.5 Å². The molecule has 1 aliphatic carbocycles. The Bertz CT molecular complexity index is 2070. The minimum absolute atomic E-state index is 0.218. The van der Waals surface area contributed by atoms with Crippen LogP contribution >= 0.6 is 0 Å². The smallest absolute Gasteiger partial charge is 0.319 e. The van der Waals surface area contributed by atoms with Crippen molar-refractivity contribution in [2.45, 2.75) is 45.6 Å². The Kier molecular flexibility index (Phi) is 6.99. The number of nitrogens with zero attached hydrogens (tertiary/aromatic N) is 7. The SMILES string of the molecule is CNc1ncc2cc(C3=CC(N(C(N)=O)c4cnc(C(C)(C)C)nc4-c4ccc5oncc5c4)CC=C3C)c(=O)n(C)c2n1. The number of allylic oxidation sites excluding steroid dienone is 2. The van der Waals surface area contributed by atoms with Gasteiger partial charge >= 0.3 is 6.03 Å². The number of nitrogens with two attached hydrogens (primary N) is 1. The van der Waals surface area contributed by atoms with E-state index in [2.05, 4.69) is 25.4 Å². The van der Waals surface area contributed by atoms with Crippen molar-refractivity contribution >= 4 is 45.2 Å². The van der Waals surface area contributed by atoms with Gasteiger partial charge in [0.2, 0.25) is 5.95 Å². The summed E-state index contributed by atoms with van der Waals surface area (Å²) in [5.41, 5.74) is 10.5. The maximum absolute atomic E-state index is 13.6. The molecule has 0 saturated heterocycles. The van der Waals surface area contributed by atoms with Crippen LogP contribution < -0.4 is 21.5 Å². The van der Waals surface area contributed by atoms with Crippen molar-refractivity contribution in [2.75, 3.05) is 17.3 Å². The maximum atomic E-state index is 13.6. The average molecular weight is 592 g/mol. The number of amides is 2. The summed E-state index contributed by atoms with van der Waals surface area (Å²) in [5, 5.41) is 8.30. The molecule has 5 aromatic rings. The number of carbonyl (C=O) groups excluding carboxylic acids is 1. The molecule has 44 heavy (non-hydrogen) atoms. The van der Waals surface area contributed by atoms with Gasteiger partial charge in [-0.1, -0.05) is 38.1 Å². The lowest BCUT2D eigenvalue weighted by atomic mass is 9.90. The zero-order valence-corrected chi connectivity index (χ0v) is 25.4. The number of hydrogen-bond donors (Lipinski definition) is 2. The molecule has 1 unspecified atom stereocenters. The first-order chi connectivity index (χ1) is 21.0. The second-order valence-electron chi connectivity index (χ2n) is 11.9. The van der Waals surface area contributed by atoms with Crippen LogP contribution in [0.2, 0.25) is 0 Å². The normalized spacial score (nSPS) is 15.3. The second-order valence-corrected chi connectivity index (χ2v) is 11.9. The Morgan fingerprint density at radius 2 is 1.91 bits per heavy atom. The van der Waals surface area contributed by atoms with Crippen molar-refractivity contribution in [3.05, 3.63) is 82.3 Å². The Labute approximate surface area is 253 Å². The van der Waals surface area contributed by atoms with Gasteiger partial charge in [0, 0.05) is 47.6 Å². The van der Waals surface area contributed by atoms with Gasteiger partial charge in [0.15, 0.2) is 5.58 Å². The van der Waals surface area contributed by atoms with Crippen molar-refractivity contribution in [3.8, 4) is 11.3 Å². The summed E-state index contributed by atoms with van der Waals surface area (Å²) in [6, 6.07) is 6.21. The molecule has 4 heterocycles. The van der Waals surface area contributed by atoms with Crippen LogP contribution in [0.3, 0.4) is 0 Å². The molecule has 6 rings (SSSR count). The van der Waals surface area contributed by atoms with Gasteiger partial charge in [-0.2, -0.15) is 4.98 Å². The van der Waals surface area contributed by atoms with E-state index in [0.717, 1.165) is 16.5 Å². The molecular formula is C32H33N9O3. The first-order valence-corrected chi connectivity index (χ1v) is 14.2. The zero-order valence-electron chi connectivity index (χ0n) is 25.4. The molecule has 0 bridgehead atoms. The quantitative estimate of drug-likeness (QED) is 0.288. The van der Waals surface area contributed by atoms with Crippen LogP contribution in [-0.2, 0) is 12.5 Å². The molecule has 12 nitrogen and oxygen atoms in total. The monoisotopic (exact) mass is 591 g/mol. The summed E-state index contributed by atoms with van der Waals surface area (Å²) in [4.78, 5) is 46.8. The number of urea groups is 1. The lowest BCUT2D eigenvalue weighted by Gasteiger charge is -2.32. The Balaban J connectivity index is 1.50. The van der Waals surface area contributed by atoms with E-state index < -0.39 is 12.1 Å². The molecular weight excluding hydrogens is 558 g/mol. The van der Waals surface area contributed by atoms with Crippen molar-refractivity contribution in [2.24, 2.45) is 12.8 Å². The summed E-state index contributed by atoms with van der Waals surface area (Å²) < 4.78 is 6.81. The summed E-state index contributed by atoms with van der Waals surface area (Å²) in [7, 11) is 3.41. The van der Waals surface area contributed by atoms with Gasteiger partial charge in [0.05, 0.1) is 29.8 Å². The van der Waals surface area contributed by atoms with Gasteiger partial charge in [-0.3, -0.25) is 14.3 Å². The highest BCUT2D eigenvalue weighted by molar-refractivity contribution is 5.98. The molecule has 0 fully saturated rings. The molecule has 0 radical (unpaired) electrons. The van der Waals surface area contributed by atoms with Crippen LogP contribution in [0.5, 0.6) is 0 Å². The molecule has 224 valence electrons. The van der Waals surface area contributed by atoms with Crippen LogP contribution in [0.1, 0.15) is 45.5 Å². The minimum Gasteiger partial charge on any atom is -0.357 e. The van der Waals surface area contributed by atoms with E-state index in [1.807, 2.05) is 58.0 Å². The fourth-order valence-electron chi connectivity index (χ4n) is 5.45. The fraction of sp³-hybridized carbons (Fsp3) is 0.281. The molecule has 1 atom stereocenters. The van der Waals surface area contributed by atoms with E-state index in [0.29, 0.717) is 57.3 Å². The number of hydrogen-bond acceptors (Lipinski definition) is 9. The number of aromatic nitrogens is 6. The first-order valence-electron chi connectivity index (χ1n) is 14.2. The number of nitrogens with one attached hydrogen (secondary N) is 1. The maximum Gasteiger partial charge on any atom is 0.319 e. The number of primary amides is 1. The van der Waals surface area contributed by atoms with E-state index in [4.69, 9.17) is 15.2 Å². The number of fused-ring (bicyclic) bond motifs is 2. The molecule has 0 aliphatic heterocycles. The van der Waals surface area contributed by atoms with Crippen LogP contribution in [-0.4, -0.2) is 48.8 Å². The summed E-state index contributed by atoms with van der Waals surface area (Å²) >= 11 is 0. The van der Waals surface area contributed by atoms with Gasteiger partial charge < -0.3 is 15.6 Å². The highest BCUT2D eigenvalue weighted by Crippen LogP contribution is 2.37. The number of pyridine rings is 1. The van der Waals surface area contributed by atoms with Crippen LogP contribution in [0, 0.1) is 0 Å². The molecule has 0 saturated carbocycles. The van der Waals surface area contributed by atoms with E-state index >= 15 is 0 Å². The molecule has 0 spiro atoms. The van der Waals surface area contributed by atoms with E-state index in [9.17, 15) is 9.59 Å². The lowest BCUT2D eigenvalue weighted by Crippen LogP contribution is -2.44. The zero-order chi connectivity index (χ0) is 31.3. The highest BCUT2D eigenvalue weighted by Gasteiger charge is 2.30. The summed E-state index contributed by atoms with van der Waals surface area (Å²) in [6.07, 6.45) is 9.36. The molecule has 12 heteroatoms. The Hall–Kier alpha value is -5.39. The van der Waals surface area contributed by atoms with E-state index in [1.54, 1.807) is 38.8 Å². The third-order valence-electron chi connectivity index (χ3n) is 7.81. The predicted molar refractivity (Wildman–Crippen MR) is 170 cm³/mol. The number of carbonyl (C=O) groups is 1. The topological polar surface area (TPSA) is 158 Å². The Morgan fingerprint density at radius 3 is 2.64 bits per heavy atom. The van der Waals surface area contributed by atoms with Crippen molar-refractivity contribution in [1.29, 1.82) is 0 Å². The van der Waals surface area contributed by atoms with E-state index in [1.165, 1.54) is 9.47 Å². The lowest BCUT2D eigenvalue weighted by molar-refractivity contribution is 0.252. The van der Waals surface area contributed by atoms with Crippen LogP contribution in [0.25, 0.3) is 38.8 Å². The average Bonchev–Trinajstić information content (AvgIpc) is 3.47. The van der Waals surface area contributed by atoms with Crippen molar-refractivity contribution in [1.82, 2.24) is 29.7 Å². The standard InChI is InChI=1S/C32H33N9O3/c1-17-7-9-21(13-22(17)23-12-20-14-36-31(34-5)39-27(20)40(6)28(23)42)41(30(33)43)24-16-35-29(32(2,3)4)38-26(24)18-8-10-25-19(11-18)15-37-44-25/h7-8,10-16,21H,9H2,1-6H3,(H2,33,43)(H,34,36,39). The van der Waals surface area contributed by atoms with Crippen molar-refractivity contribution in [3.63, 3.8) is 0 Å². The third-order valence-corrected chi connectivity index (χ3v) is 7.81. The molecule has 3 N–H and O–H groups in total. The van der Waals surface area contributed by atoms with Crippen LogP contribution in [0.4, 0.5) is 16.4 Å². The number of rotatable bonds is 5. The van der Waals surface area contributed by atoms with Crippen LogP contribution in [0.15, 0.2) is 69.9 Å². The number of anilines is 2. The van der Waals surface area contributed by atoms with Crippen molar-refractivity contribution < 1.29 is 9.32 Å². The number of aryl methyl sites for hydroxylation is 1. The predicted octanol–water partition coefficient (Wildman–Crippen LogP) is 4.95. The second kappa shape index (κ2) is 10.7. The van der Waals surface area contributed by atoms with Gasteiger partial charge in [0.25, 0.3) is 5.56 Å². The molecule has 1 aromatic carbocycles. The summed E-state index contributed by atoms with van der Waals surface area (Å²) in [5.74, 6) is 1.04. The number of benzene rings is 1.